The molecule has 0 saturated carbocycles. The van der Waals surface area contributed by atoms with Gasteiger partial charge in [-0.2, -0.15) is 0 Å². The Morgan fingerprint density at radius 3 is 1.11 bits per heavy atom. The number of carbonyl (C=O) groups excluding carboxylic acids is 2. The zero-order valence-electron chi connectivity index (χ0n) is 48.8. The molecule has 0 saturated heterocycles. The van der Waals surface area contributed by atoms with Gasteiger partial charge < -0.3 is 20.1 Å². The number of nitrogens with two attached hydrogens (primary N) is 1. The Labute approximate surface area is 462 Å². The average molecular weight is 1070 g/mol. The van der Waals surface area contributed by atoms with Crippen molar-refractivity contribution in [3.63, 3.8) is 0 Å². The summed E-state index contributed by atoms with van der Waals surface area (Å²) >= 11 is 0. The molecule has 0 fully saturated rings. The van der Waals surface area contributed by atoms with Gasteiger partial charge in [0.2, 0.25) is 0 Å². The zero-order valence-corrected chi connectivity index (χ0v) is 49.7. The van der Waals surface area contributed by atoms with Gasteiger partial charge >= 0.3 is 19.8 Å². The maximum atomic E-state index is 12.7. The van der Waals surface area contributed by atoms with E-state index in [0.717, 1.165) is 83.5 Å². The lowest BCUT2D eigenvalue weighted by atomic mass is 10.0. The summed E-state index contributed by atoms with van der Waals surface area (Å²) in [5, 5.41) is 0. The van der Waals surface area contributed by atoms with Crippen LogP contribution in [-0.2, 0) is 32.7 Å². The van der Waals surface area contributed by atoms with Gasteiger partial charge in [-0.05, 0) is 83.5 Å². The van der Waals surface area contributed by atoms with Crippen molar-refractivity contribution in [2.75, 3.05) is 26.4 Å². The fourth-order valence-electron chi connectivity index (χ4n) is 8.95. The van der Waals surface area contributed by atoms with Gasteiger partial charge in [0, 0.05) is 19.4 Å². The van der Waals surface area contributed by atoms with Crippen LogP contribution in [0.2, 0.25) is 0 Å². The van der Waals surface area contributed by atoms with Crippen LogP contribution >= 0.6 is 7.82 Å². The Bertz CT molecular complexity index is 1460. The van der Waals surface area contributed by atoms with Gasteiger partial charge in [-0.3, -0.25) is 18.6 Å². The Kier molecular flexibility index (Phi) is 58.6. The molecule has 2 unspecified atom stereocenters. The third-order valence-corrected chi connectivity index (χ3v) is 14.6. The van der Waals surface area contributed by atoms with Crippen LogP contribution in [-0.4, -0.2) is 49.3 Å². The summed E-state index contributed by atoms with van der Waals surface area (Å²) in [6, 6.07) is 0. The largest absolute Gasteiger partial charge is 0.472 e. The summed E-state index contributed by atoms with van der Waals surface area (Å²) in [6.07, 6.45) is 78.6. The van der Waals surface area contributed by atoms with Crippen molar-refractivity contribution >= 4 is 19.8 Å². The second-order valence-electron chi connectivity index (χ2n) is 20.9. The monoisotopic (exact) mass is 1070 g/mol. The minimum absolute atomic E-state index is 0.0528. The second-order valence-corrected chi connectivity index (χ2v) is 22.3. The van der Waals surface area contributed by atoms with Crippen LogP contribution in [0.3, 0.4) is 0 Å². The fraction of sp³-hybridized carbons (Fsp3) is 0.785. The molecule has 0 aromatic heterocycles. The third kappa shape index (κ3) is 60.5. The lowest BCUT2D eigenvalue weighted by molar-refractivity contribution is -0.161. The van der Waals surface area contributed by atoms with Gasteiger partial charge in [-0.1, -0.05) is 273 Å². The molecule has 0 spiro atoms. The zero-order chi connectivity index (χ0) is 54.5. The molecule has 75 heavy (non-hydrogen) atoms. The van der Waals surface area contributed by atoms with Gasteiger partial charge in [-0.15, -0.1) is 0 Å². The first-order valence-electron chi connectivity index (χ1n) is 31.4. The molecule has 0 rings (SSSR count). The van der Waals surface area contributed by atoms with E-state index in [4.69, 9.17) is 24.3 Å². The number of rotatable bonds is 59. The molecule has 0 aliphatic heterocycles. The highest BCUT2D eigenvalue weighted by Crippen LogP contribution is 2.43. The van der Waals surface area contributed by atoms with E-state index in [2.05, 4.69) is 86.8 Å². The molecule has 0 radical (unpaired) electrons. The number of allylic oxidation sites excluding steroid dienone is 12. The predicted molar refractivity (Wildman–Crippen MR) is 321 cm³/mol. The van der Waals surface area contributed by atoms with Crippen molar-refractivity contribution in [1.82, 2.24) is 0 Å². The summed E-state index contributed by atoms with van der Waals surface area (Å²) in [7, 11) is -4.39. The summed E-state index contributed by atoms with van der Waals surface area (Å²) in [5.74, 6) is -0.827. The van der Waals surface area contributed by atoms with Crippen molar-refractivity contribution in [3.05, 3.63) is 72.9 Å². The highest BCUT2D eigenvalue weighted by molar-refractivity contribution is 7.47. The third-order valence-electron chi connectivity index (χ3n) is 13.6. The van der Waals surface area contributed by atoms with Gasteiger partial charge in [0.1, 0.15) is 6.61 Å². The Morgan fingerprint density at radius 2 is 0.733 bits per heavy atom. The fourth-order valence-corrected chi connectivity index (χ4v) is 9.72. The minimum atomic E-state index is -4.39. The summed E-state index contributed by atoms with van der Waals surface area (Å²) in [5.41, 5.74) is 5.38. The number of carbonyl (C=O) groups is 2. The molecule has 0 aromatic carbocycles. The Morgan fingerprint density at radius 1 is 0.413 bits per heavy atom. The molecule has 0 aliphatic carbocycles. The van der Waals surface area contributed by atoms with Crippen LogP contribution in [0.5, 0.6) is 0 Å². The van der Waals surface area contributed by atoms with Gasteiger partial charge in [-0.25, -0.2) is 4.57 Å². The first kappa shape index (κ1) is 72.5. The van der Waals surface area contributed by atoms with E-state index in [-0.39, 0.29) is 38.6 Å². The molecule has 10 heteroatoms. The summed E-state index contributed by atoms with van der Waals surface area (Å²) in [4.78, 5) is 35.1. The molecule has 0 heterocycles. The molecule has 2 atom stereocenters. The lowest BCUT2D eigenvalue weighted by Crippen LogP contribution is -2.29. The highest BCUT2D eigenvalue weighted by atomic mass is 31.2. The average Bonchev–Trinajstić information content (AvgIpc) is 3.40. The van der Waals surface area contributed by atoms with E-state index in [9.17, 15) is 19.0 Å². The smallest absolute Gasteiger partial charge is 0.462 e. The number of hydrogen-bond donors (Lipinski definition) is 2. The van der Waals surface area contributed by atoms with Crippen LogP contribution in [0.4, 0.5) is 0 Å². The number of phosphoric acid groups is 1. The van der Waals surface area contributed by atoms with Crippen molar-refractivity contribution in [1.29, 1.82) is 0 Å². The SMILES string of the molecule is CC/C=C\C/C=C\C/C=C\C/C=C\C/C=C\CCCCCCCCCCCCCCCCCCCCCCCCCCCC(=O)OC(COC(=O)CCCCCCC/C=C\CCCCCC)COP(=O)(O)OCCN. The second kappa shape index (κ2) is 60.7. The minimum Gasteiger partial charge on any atom is -0.462 e. The van der Waals surface area contributed by atoms with Crippen molar-refractivity contribution in [2.24, 2.45) is 5.73 Å². The van der Waals surface area contributed by atoms with E-state index < -0.39 is 26.5 Å². The number of esters is 2. The lowest BCUT2D eigenvalue weighted by Gasteiger charge is -2.19. The van der Waals surface area contributed by atoms with Crippen LogP contribution in [0, 0.1) is 0 Å². The molecule has 3 N–H and O–H groups in total. The van der Waals surface area contributed by atoms with Gasteiger partial charge in [0.25, 0.3) is 0 Å². The quantitative estimate of drug-likeness (QED) is 0.0264. The van der Waals surface area contributed by atoms with E-state index in [1.54, 1.807) is 0 Å². The standard InChI is InChI=1S/C65H118NO8P/c1-3-5-7-9-11-13-15-17-18-19-20-21-22-23-24-25-26-27-28-29-30-31-32-33-34-35-36-37-38-39-40-41-42-43-44-46-48-50-52-54-56-58-65(68)74-63(62-73-75(69,70)72-60-59-66)61-71-64(67)57-55-53-51-49-47-45-16-14-12-10-8-6-4-2/h5,7,11,13-14,16-18,20-21,23-24,63H,3-4,6,8-10,12,15,19,22,25-62,66H2,1-2H3,(H,69,70)/b7-5-,13-11-,16-14-,18-17-,21-20-,24-23-. The molecular formula is C65H118NO8P. The Balaban J connectivity index is 3.74. The van der Waals surface area contributed by atoms with Crippen LogP contribution in [0.15, 0.2) is 72.9 Å². The Hall–Kier alpha value is -2.55. The van der Waals surface area contributed by atoms with Gasteiger partial charge in [0.15, 0.2) is 6.10 Å². The molecule has 0 aliphatic rings. The summed E-state index contributed by atoms with van der Waals surface area (Å²) in [6.45, 7) is 3.63. The van der Waals surface area contributed by atoms with Crippen LogP contribution < -0.4 is 5.73 Å². The predicted octanol–water partition coefficient (Wildman–Crippen LogP) is 20.1. The number of ether oxygens (including phenoxy) is 2. The summed E-state index contributed by atoms with van der Waals surface area (Å²) < 4.78 is 33.0. The number of hydrogen-bond acceptors (Lipinski definition) is 8. The molecular weight excluding hydrogens is 954 g/mol. The maximum Gasteiger partial charge on any atom is 0.472 e. The van der Waals surface area contributed by atoms with Crippen molar-refractivity contribution < 1.29 is 37.6 Å². The molecule has 436 valence electrons. The van der Waals surface area contributed by atoms with E-state index in [0.29, 0.717) is 6.42 Å². The molecule has 0 amide bonds. The van der Waals surface area contributed by atoms with E-state index in [1.807, 2.05) is 0 Å². The van der Waals surface area contributed by atoms with E-state index >= 15 is 0 Å². The number of phosphoric ester groups is 1. The normalized spacial score (nSPS) is 13.5. The number of unbranched alkanes of at least 4 members (excludes halogenated alkanes) is 34. The first-order chi connectivity index (χ1) is 36.8. The van der Waals surface area contributed by atoms with Crippen molar-refractivity contribution in [3.8, 4) is 0 Å². The topological polar surface area (TPSA) is 134 Å². The van der Waals surface area contributed by atoms with Gasteiger partial charge in [0.05, 0.1) is 13.2 Å². The van der Waals surface area contributed by atoms with Crippen LogP contribution in [0.25, 0.3) is 0 Å². The first-order valence-corrected chi connectivity index (χ1v) is 32.9. The molecule has 9 nitrogen and oxygen atoms in total. The maximum absolute atomic E-state index is 12.7. The molecule has 0 aromatic rings. The van der Waals surface area contributed by atoms with Crippen LogP contribution in [0.1, 0.15) is 296 Å². The molecule has 0 bridgehead atoms. The highest BCUT2D eigenvalue weighted by Gasteiger charge is 2.26. The van der Waals surface area contributed by atoms with E-state index in [1.165, 1.54) is 180 Å². The van der Waals surface area contributed by atoms with Crippen molar-refractivity contribution in [2.45, 2.75) is 302 Å².